The summed E-state index contributed by atoms with van der Waals surface area (Å²) in [6.07, 6.45) is 6.18. The third kappa shape index (κ3) is 7.56. The van der Waals surface area contributed by atoms with Gasteiger partial charge in [0.25, 0.3) is 0 Å². The zero-order chi connectivity index (χ0) is 22.9. The lowest BCUT2D eigenvalue weighted by atomic mass is 9.89. The van der Waals surface area contributed by atoms with E-state index in [1.54, 1.807) is 0 Å². The third-order valence-corrected chi connectivity index (χ3v) is 6.04. The highest BCUT2D eigenvalue weighted by Crippen LogP contribution is 2.33. The Morgan fingerprint density at radius 3 is 2.71 bits per heavy atom. The van der Waals surface area contributed by atoms with E-state index in [2.05, 4.69) is 78.1 Å². The van der Waals surface area contributed by atoms with Gasteiger partial charge >= 0.3 is 0 Å². The van der Waals surface area contributed by atoms with Crippen LogP contribution < -0.4 is 10.6 Å². The Labute approximate surface area is 220 Å². The summed E-state index contributed by atoms with van der Waals surface area (Å²) in [5.74, 6) is 1.27. The predicted octanol–water partition coefficient (Wildman–Crippen LogP) is 5.08. The minimum atomic E-state index is 0. The fourth-order valence-electron chi connectivity index (χ4n) is 4.32. The van der Waals surface area contributed by atoms with Crippen LogP contribution in [0.1, 0.15) is 48.1 Å². The number of aryl methyl sites for hydroxylation is 1. The zero-order valence-corrected chi connectivity index (χ0v) is 22.4. The summed E-state index contributed by atoms with van der Waals surface area (Å²) in [4.78, 5) is 4.85. The predicted molar refractivity (Wildman–Crippen MR) is 149 cm³/mol. The van der Waals surface area contributed by atoms with Gasteiger partial charge in [-0.3, -0.25) is 4.68 Å². The lowest BCUT2D eigenvalue weighted by molar-refractivity contribution is -0.0265. The normalized spacial score (nSPS) is 18.2. The summed E-state index contributed by atoms with van der Waals surface area (Å²) in [6.45, 7) is 8.11. The van der Waals surface area contributed by atoms with Gasteiger partial charge in [0.15, 0.2) is 5.96 Å². The van der Waals surface area contributed by atoms with Crippen LogP contribution in [0.4, 0.5) is 0 Å². The van der Waals surface area contributed by atoms with Crippen LogP contribution in [0.3, 0.4) is 0 Å². The average molecular weight is 574 g/mol. The van der Waals surface area contributed by atoms with E-state index in [9.17, 15) is 0 Å². The molecule has 2 N–H and O–H groups in total. The highest BCUT2D eigenvalue weighted by Gasteiger charge is 2.27. The first kappa shape index (κ1) is 26.2. The van der Waals surface area contributed by atoms with Crippen LogP contribution >= 0.6 is 24.0 Å². The van der Waals surface area contributed by atoms with Gasteiger partial charge in [-0.2, -0.15) is 5.10 Å². The molecule has 1 aliphatic rings. The van der Waals surface area contributed by atoms with Gasteiger partial charge in [-0.05, 0) is 49.4 Å². The molecule has 182 valence electrons. The number of rotatable bonds is 8. The second-order valence-electron chi connectivity index (χ2n) is 8.70. The number of benzene rings is 2. The van der Waals surface area contributed by atoms with Gasteiger partial charge < -0.3 is 15.4 Å². The SMILES string of the molecule is CCNC(=NCc1cccc(Cn2cccn2)c1)NCC1CCCOC1c1ccc(C)cc1.I. The van der Waals surface area contributed by atoms with Gasteiger partial charge in [0.1, 0.15) is 0 Å². The lowest BCUT2D eigenvalue weighted by Gasteiger charge is -2.32. The number of hydrogen-bond acceptors (Lipinski definition) is 3. The minimum absolute atomic E-state index is 0. The number of aromatic nitrogens is 2. The molecule has 3 aromatic rings. The van der Waals surface area contributed by atoms with E-state index in [1.165, 1.54) is 22.3 Å². The van der Waals surface area contributed by atoms with E-state index in [0.717, 1.165) is 45.0 Å². The van der Waals surface area contributed by atoms with Crippen LogP contribution in [-0.2, 0) is 17.8 Å². The number of ether oxygens (including phenoxy) is 1. The van der Waals surface area contributed by atoms with Crippen molar-refractivity contribution in [1.82, 2.24) is 20.4 Å². The molecule has 1 saturated heterocycles. The third-order valence-electron chi connectivity index (χ3n) is 6.04. The van der Waals surface area contributed by atoms with Crippen molar-refractivity contribution in [3.8, 4) is 0 Å². The molecular formula is C27H36IN5O. The molecule has 2 heterocycles. The standard InChI is InChI=1S/C27H35N5O.HI/c1-3-28-27(29-18-22-7-4-8-23(17-22)20-32-15-6-14-31-32)30-19-25-9-5-16-33-26(25)24-12-10-21(2)11-13-24;/h4,6-8,10-15,17,25-26H,3,5,9,16,18-20H2,1-2H3,(H2,28,29,30);1H. The maximum absolute atomic E-state index is 6.19. The largest absolute Gasteiger partial charge is 0.373 e. The smallest absolute Gasteiger partial charge is 0.191 e. The number of nitrogens with one attached hydrogen (secondary N) is 2. The molecule has 2 aromatic carbocycles. The zero-order valence-electron chi connectivity index (χ0n) is 20.1. The van der Waals surface area contributed by atoms with E-state index in [-0.39, 0.29) is 30.1 Å². The van der Waals surface area contributed by atoms with Crippen LogP contribution in [0, 0.1) is 12.8 Å². The summed E-state index contributed by atoms with van der Waals surface area (Å²) in [5, 5.41) is 11.3. The first-order valence-corrected chi connectivity index (χ1v) is 12.0. The van der Waals surface area contributed by atoms with Crippen molar-refractivity contribution in [1.29, 1.82) is 0 Å². The van der Waals surface area contributed by atoms with Crippen molar-refractivity contribution in [2.75, 3.05) is 19.7 Å². The van der Waals surface area contributed by atoms with Crippen LogP contribution in [0.15, 0.2) is 72.0 Å². The van der Waals surface area contributed by atoms with Gasteiger partial charge in [-0.1, -0.05) is 54.1 Å². The number of halogens is 1. The van der Waals surface area contributed by atoms with Crippen LogP contribution in [0.5, 0.6) is 0 Å². The minimum Gasteiger partial charge on any atom is -0.373 e. The molecule has 0 bridgehead atoms. The van der Waals surface area contributed by atoms with Crippen LogP contribution in [0.2, 0.25) is 0 Å². The van der Waals surface area contributed by atoms with Gasteiger partial charge in [0.2, 0.25) is 0 Å². The maximum Gasteiger partial charge on any atom is 0.191 e. The molecule has 6 nitrogen and oxygen atoms in total. The second kappa shape index (κ2) is 13.5. The molecule has 0 spiro atoms. The molecule has 0 aliphatic carbocycles. The van der Waals surface area contributed by atoms with Crippen molar-refractivity contribution >= 4 is 29.9 Å². The Balaban J connectivity index is 0.00000324. The summed E-state index contributed by atoms with van der Waals surface area (Å²) >= 11 is 0. The Morgan fingerprint density at radius 1 is 1.12 bits per heavy atom. The molecule has 7 heteroatoms. The molecule has 1 aromatic heterocycles. The van der Waals surface area contributed by atoms with Crippen molar-refractivity contribution < 1.29 is 4.74 Å². The summed E-state index contributed by atoms with van der Waals surface area (Å²) in [5.41, 5.74) is 4.96. The van der Waals surface area contributed by atoms with Gasteiger partial charge in [0, 0.05) is 38.0 Å². The van der Waals surface area contributed by atoms with E-state index in [0.29, 0.717) is 12.5 Å². The second-order valence-corrected chi connectivity index (χ2v) is 8.70. The fourth-order valence-corrected chi connectivity index (χ4v) is 4.32. The van der Waals surface area contributed by atoms with Crippen molar-refractivity contribution in [3.63, 3.8) is 0 Å². The highest BCUT2D eigenvalue weighted by atomic mass is 127. The first-order valence-electron chi connectivity index (χ1n) is 12.0. The van der Waals surface area contributed by atoms with E-state index in [1.807, 2.05) is 23.1 Å². The summed E-state index contributed by atoms with van der Waals surface area (Å²) in [6, 6.07) is 19.2. The highest BCUT2D eigenvalue weighted by molar-refractivity contribution is 14.0. The van der Waals surface area contributed by atoms with Gasteiger partial charge in [0.05, 0.1) is 19.2 Å². The summed E-state index contributed by atoms with van der Waals surface area (Å²) < 4.78 is 8.12. The molecule has 0 radical (unpaired) electrons. The average Bonchev–Trinajstić information content (AvgIpc) is 3.35. The molecular weight excluding hydrogens is 537 g/mol. The monoisotopic (exact) mass is 573 g/mol. The molecule has 0 amide bonds. The Morgan fingerprint density at radius 2 is 1.94 bits per heavy atom. The number of aliphatic imine (C=N–C) groups is 1. The topological polar surface area (TPSA) is 63.5 Å². The molecule has 1 fully saturated rings. The molecule has 1 aliphatic heterocycles. The molecule has 34 heavy (non-hydrogen) atoms. The Hall–Kier alpha value is -2.39. The number of hydrogen-bond donors (Lipinski definition) is 2. The molecule has 2 unspecified atom stereocenters. The molecule has 0 saturated carbocycles. The van der Waals surface area contributed by atoms with Crippen LogP contribution in [-0.4, -0.2) is 35.4 Å². The van der Waals surface area contributed by atoms with Gasteiger partial charge in [-0.25, -0.2) is 4.99 Å². The van der Waals surface area contributed by atoms with E-state index >= 15 is 0 Å². The van der Waals surface area contributed by atoms with Crippen LogP contribution in [0.25, 0.3) is 0 Å². The summed E-state index contributed by atoms with van der Waals surface area (Å²) in [7, 11) is 0. The van der Waals surface area contributed by atoms with Crippen molar-refractivity contribution in [2.45, 2.75) is 45.9 Å². The fraction of sp³-hybridized carbons (Fsp3) is 0.407. The quantitative estimate of drug-likeness (QED) is 0.224. The molecule has 2 atom stereocenters. The maximum atomic E-state index is 6.19. The van der Waals surface area contributed by atoms with E-state index in [4.69, 9.17) is 9.73 Å². The van der Waals surface area contributed by atoms with Crippen molar-refractivity contribution in [3.05, 3.63) is 89.2 Å². The van der Waals surface area contributed by atoms with Crippen molar-refractivity contribution in [2.24, 2.45) is 10.9 Å². The lowest BCUT2D eigenvalue weighted by Crippen LogP contribution is -2.42. The Kier molecular flexibility index (Phi) is 10.4. The Bertz CT molecular complexity index is 1020. The van der Waals surface area contributed by atoms with E-state index < -0.39 is 0 Å². The van der Waals surface area contributed by atoms with Gasteiger partial charge in [-0.15, -0.1) is 24.0 Å². The number of guanidine groups is 1. The first-order chi connectivity index (χ1) is 16.2. The number of nitrogens with zero attached hydrogens (tertiary/aromatic N) is 3. The molecule has 4 rings (SSSR count).